The number of rotatable bonds is 2. The fourth-order valence-electron chi connectivity index (χ4n) is 2.07. The Morgan fingerprint density at radius 2 is 2.27 bits per heavy atom. The van der Waals surface area contributed by atoms with Crippen LogP contribution in [0.3, 0.4) is 0 Å². The number of halogens is 1. The van der Waals surface area contributed by atoms with Crippen molar-refractivity contribution in [1.82, 2.24) is 5.32 Å². The number of hydrogen-bond acceptors (Lipinski definition) is 2. The summed E-state index contributed by atoms with van der Waals surface area (Å²) in [7, 11) is 1.48. The van der Waals surface area contributed by atoms with Gasteiger partial charge in [0.25, 0.3) is 0 Å². The van der Waals surface area contributed by atoms with Crippen LogP contribution in [0.1, 0.15) is 24.9 Å². The topological polar surface area (TPSA) is 21.3 Å². The number of ether oxygens (including phenoxy) is 1. The lowest BCUT2D eigenvalue weighted by atomic mass is 10.0. The average molecular weight is 209 g/mol. The Kier molecular flexibility index (Phi) is 2.91. The van der Waals surface area contributed by atoms with Crippen LogP contribution in [0, 0.1) is 11.7 Å². The van der Waals surface area contributed by atoms with Crippen molar-refractivity contribution in [3.63, 3.8) is 0 Å². The molecule has 0 unspecified atom stereocenters. The zero-order chi connectivity index (χ0) is 10.8. The van der Waals surface area contributed by atoms with Crippen molar-refractivity contribution in [3.8, 4) is 5.75 Å². The molecule has 3 heteroatoms. The molecule has 2 rings (SSSR count). The maximum atomic E-state index is 13.4. The summed E-state index contributed by atoms with van der Waals surface area (Å²) in [5, 5.41) is 3.38. The lowest BCUT2D eigenvalue weighted by molar-refractivity contribution is 0.385. The van der Waals surface area contributed by atoms with E-state index < -0.39 is 0 Å². The molecule has 0 spiro atoms. The maximum absolute atomic E-state index is 13.4. The molecule has 1 aromatic rings. The van der Waals surface area contributed by atoms with Gasteiger partial charge in [0, 0.05) is 6.04 Å². The number of hydrogen-bond donors (Lipinski definition) is 1. The number of methoxy groups -OCH3 is 1. The first kappa shape index (κ1) is 10.4. The van der Waals surface area contributed by atoms with Crippen LogP contribution in [-0.2, 0) is 0 Å². The first-order chi connectivity index (χ1) is 7.20. The van der Waals surface area contributed by atoms with Crippen LogP contribution in [0.2, 0.25) is 0 Å². The molecule has 1 heterocycles. The van der Waals surface area contributed by atoms with Gasteiger partial charge in [-0.3, -0.25) is 0 Å². The third-order valence-electron chi connectivity index (χ3n) is 2.93. The molecule has 0 radical (unpaired) electrons. The zero-order valence-electron chi connectivity index (χ0n) is 9.09. The largest absolute Gasteiger partial charge is 0.494 e. The van der Waals surface area contributed by atoms with Crippen molar-refractivity contribution in [3.05, 3.63) is 29.6 Å². The van der Waals surface area contributed by atoms with Crippen molar-refractivity contribution in [1.29, 1.82) is 0 Å². The Bertz CT molecular complexity index is 353. The van der Waals surface area contributed by atoms with E-state index in [2.05, 4.69) is 12.2 Å². The number of nitrogens with one attached hydrogen (secondary N) is 1. The second-order valence-corrected chi connectivity index (χ2v) is 4.20. The molecule has 1 fully saturated rings. The van der Waals surface area contributed by atoms with Gasteiger partial charge in [0.1, 0.15) is 0 Å². The molecule has 2 atom stereocenters. The molecule has 0 aliphatic carbocycles. The van der Waals surface area contributed by atoms with Crippen molar-refractivity contribution in [2.45, 2.75) is 19.4 Å². The summed E-state index contributed by atoms with van der Waals surface area (Å²) in [6.07, 6.45) is 1.08. The van der Waals surface area contributed by atoms with Gasteiger partial charge in [-0.25, -0.2) is 4.39 Å². The van der Waals surface area contributed by atoms with Crippen LogP contribution in [-0.4, -0.2) is 13.7 Å². The monoisotopic (exact) mass is 209 g/mol. The van der Waals surface area contributed by atoms with E-state index >= 15 is 0 Å². The molecule has 0 bridgehead atoms. The SMILES string of the molecule is COc1ccc([C@@H]2C[C@H](C)CN2)cc1F. The van der Waals surface area contributed by atoms with Crippen molar-refractivity contribution < 1.29 is 9.13 Å². The smallest absolute Gasteiger partial charge is 0.165 e. The molecule has 1 aliphatic rings. The predicted molar refractivity (Wildman–Crippen MR) is 57.5 cm³/mol. The minimum absolute atomic E-state index is 0.281. The Morgan fingerprint density at radius 1 is 1.47 bits per heavy atom. The molecule has 1 N–H and O–H groups in total. The fraction of sp³-hybridized carbons (Fsp3) is 0.500. The summed E-state index contributed by atoms with van der Waals surface area (Å²) in [4.78, 5) is 0. The predicted octanol–water partition coefficient (Wildman–Crippen LogP) is 2.50. The third-order valence-corrected chi connectivity index (χ3v) is 2.93. The van der Waals surface area contributed by atoms with Crippen LogP contribution < -0.4 is 10.1 Å². The quantitative estimate of drug-likeness (QED) is 0.808. The molecular formula is C12H16FNO. The van der Waals surface area contributed by atoms with Gasteiger partial charge in [-0.1, -0.05) is 13.0 Å². The van der Waals surface area contributed by atoms with Gasteiger partial charge in [0.2, 0.25) is 0 Å². The van der Waals surface area contributed by atoms with Gasteiger partial charge in [-0.2, -0.15) is 0 Å². The lowest BCUT2D eigenvalue weighted by Crippen LogP contribution is -2.13. The molecule has 1 saturated heterocycles. The second-order valence-electron chi connectivity index (χ2n) is 4.20. The van der Waals surface area contributed by atoms with Gasteiger partial charge in [0.15, 0.2) is 11.6 Å². The Hall–Kier alpha value is -1.09. The van der Waals surface area contributed by atoms with E-state index in [-0.39, 0.29) is 5.82 Å². The molecule has 82 valence electrons. The minimum atomic E-state index is -0.281. The summed E-state index contributed by atoms with van der Waals surface area (Å²) in [5.74, 6) is 0.696. The van der Waals surface area contributed by atoms with Crippen LogP contribution in [0.5, 0.6) is 5.75 Å². The van der Waals surface area contributed by atoms with Crippen molar-refractivity contribution >= 4 is 0 Å². The molecular weight excluding hydrogens is 193 g/mol. The Labute approximate surface area is 89.4 Å². The van der Waals surface area contributed by atoms with E-state index in [0.29, 0.717) is 17.7 Å². The van der Waals surface area contributed by atoms with Gasteiger partial charge < -0.3 is 10.1 Å². The van der Waals surface area contributed by atoms with Gasteiger partial charge in [-0.15, -0.1) is 0 Å². The summed E-state index contributed by atoms with van der Waals surface area (Å²) in [6.45, 7) is 3.21. The van der Waals surface area contributed by atoms with E-state index in [1.165, 1.54) is 7.11 Å². The van der Waals surface area contributed by atoms with Gasteiger partial charge in [-0.05, 0) is 36.6 Å². The van der Waals surface area contributed by atoms with Crippen LogP contribution in [0.4, 0.5) is 4.39 Å². The standard InChI is InChI=1S/C12H16FNO/c1-8-5-11(14-7-8)9-3-4-12(15-2)10(13)6-9/h3-4,6,8,11,14H,5,7H2,1-2H3/t8-,11-/m0/s1. The Balaban J connectivity index is 2.19. The summed E-state index contributed by atoms with van der Waals surface area (Å²) in [6, 6.07) is 5.47. The van der Waals surface area contributed by atoms with Gasteiger partial charge >= 0.3 is 0 Å². The molecule has 0 amide bonds. The second kappa shape index (κ2) is 4.19. The lowest BCUT2D eigenvalue weighted by Gasteiger charge is -2.11. The molecule has 15 heavy (non-hydrogen) atoms. The zero-order valence-corrected chi connectivity index (χ0v) is 9.09. The highest BCUT2D eigenvalue weighted by atomic mass is 19.1. The van der Waals surface area contributed by atoms with E-state index in [1.54, 1.807) is 12.1 Å². The van der Waals surface area contributed by atoms with Crippen molar-refractivity contribution in [2.75, 3.05) is 13.7 Å². The van der Waals surface area contributed by atoms with Crippen molar-refractivity contribution in [2.24, 2.45) is 5.92 Å². The molecule has 0 saturated carbocycles. The molecule has 1 aromatic carbocycles. The Morgan fingerprint density at radius 3 is 2.80 bits per heavy atom. The summed E-state index contributed by atoms with van der Waals surface area (Å²) >= 11 is 0. The third kappa shape index (κ3) is 2.12. The maximum Gasteiger partial charge on any atom is 0.165 e. The fourth-order valence-corrected chi connectivity index (χ4v) is 2.07. The molecule has 1 aliphatic heterocycles. The number of benzene rings is 1. The van der Waals surface area contributed by atoms with E-state index in [0.717, 1.165) is 18.5 Å². The average Bonchev–Trinajstić information content (AvgIpc) is 2.65. The van der Waals surface area contributed by atoms with Gasteiger partial charge in [0.05, 0.1) is 7.11 Å². The minimum Gasteiger partial charge on any atom is -0.494 e. The first-order valence-electron chi connectivity index (χ1n) is 5.27. The summed E-state index contributed by atoms with van der Waals surface area (Å²) < 4.78 is 18.3. The van der Waals surface area contributed by atoms with E-state index in [9.17, 15) is 4.39 Å². The van der Waals surface area contributed by atoms with E-state index in [4.69, 9.17) is 4.74 Å². The first-order valence-corrected chi connectivity index (χ1v) is 5.27. The highest BCUT2D eigenvalue weighted by molar-refractivity contribution is 5.31. The summed E-state index contributed by atoms with van der Waals surface area (Å²) in [5.41, 5.74) is 1.01. The molecule has 2 nitrogen and oxygen atoms in total. The molecule has 0 aromatic heterocycles. The normalized spacial score (nSPS) is 25.5. The van der Waals surface area contributed by atoms with Crippen LogP contribution in [0.25, 0.3) is 0 Å². The highest BCUT2D eigenvalue weighted by Crippen LogP contribution is 2.29. The van der Waals surface area contributed by atoms with E-state index in [1.807, 2.05) is 6.07 Å². The highest BCUT2D eigenvalue weighted by Gasteiger charge is 2.22. The van der Waals surface area contributed by atoms with Crippen LogP contribution >= 0.6 is 0 Å². The van der Waals surface area contributed by atoms with Crippen LogP contribution in [0.15, 0.2) is 18.2 Å².